The first kappa shape index (κ1) is 30.1. The number of halogens is 1. The molecule has 0 aliphatic carbocycles. The van der Waals surface area contributed by atoms with E-state index in [4.69, 9.17) is 37.3 Å². The maximum absolute atomic E-state index is 13.5. The lowest BCUT2D eigenvalue weighted by Gasteiger charge is -2.24. The average molecular weight is 591 g/mol. The molecule has 0 spiro atoms. The van der Waals surface area contributed by atoms with Gasteiger partial charge in [-0.25, -0.2) is 14.5 Å². The average Bonchev–Trinajstić information content (AvgIpc) is 3.38. The first-order valence-electron chi connectivity index (χ1n) is 13.1. The predicted molar refractivity (Wildman–Crippen MR) is 159 cm³/mol. The third-order valence-corrected chi connectivity index (χ3v) is 6.65. The molecule has 1 aromatic carbocycles. The van der Waals surface area contributed by atoms with Gasteiger partial charge in [0.1, 0.15) is 11.4 Å². The van der Waals surface area contributed by atoms with E-state index in [1.54, 1.807) is 30.8 Å². The van der Waals surface area contributed by atoms with E-state index in [0.717, 1.165) is 0 Å². The highest BCUT2D eigenvalue weighted by Gasteiger charge is 2.34. The summed E-state index contributed by atoms with van der Waals surface area (Å²) < 4.78 is 19.1. The van der Waals surface area contributed by atoms with Gasteiger partial charge in [-0.3, -0.25) is 4.79 Å². The van der Waals surface area contributed by atoms with E-state index in [1.807, 2.05) is 26.0 Å². The number of nitrogens with zero attached hydrogens (tertiary/aromatic N) is 5. The number of pyridine rings is 1. The van der Waals surface area contributed by atoms with Gasteiger partial charge < -0.3 is 24.1 Å². The molecular formula is C30H31ClN6O5. The monoisotopic (exact) mass is 590 g/mol. The number of esters is 1. The summed E-state index contributed by atoms with van der Waals surface area (Å²) in [5.74, 6) is 1.95. The summed E-state index contributed by atoms with van der Waals surface area (Å²) in [6.45, 7) is 5.75. The molecule has 1 N–H and O–H groups in total. The summed E-state index contributed by atoms with van der Waals surface area (Å²) in [6, 6.07) is 8.10. The molecule has 1 unspecified atom stereocenters. The molecule has 3 aromatic heterocycles. The lowest BCUT2D eigenvalue weighted by atomic mass is 9.91. The number of carbonyl (C=O) groups excluding carboxylic acids is 1. The summed E-state index contributed by atoms with van der Waals surface area (Å²) in [7, 11) is 4.51. The molecule has 11 nitrogen and oxygen atoms in total. The van der Waals surface area contributed by atoms with E-state index < -0.39 is 12.0 Å². The van der Waals surface area contributed by atoms with E-state index in [1.165, 1.54) is 37.2 Å². The first-order valence-corrected chi connectivity index (χ1v) is 13.5. The zero-order chi connectivity index (χ0) is 30.6. The Morgan fingerprint density at radius 2 is 1.90 bits per heavy atom. The maximum atomic E-state index is 13.5. The van der Waals surface area contributed by atoms with Crippen molar-refractivity contribution in [2.24, 2.45) is 7.05 Å². The van der Waals surface area contributed by atoms with Crippen LogP contribution in [-0.2, 0) is 11.8 Å². The highest BCUT2D eigenvalue weighted by atomic mass is 35.5. The van der Waals surface area contributed by atoms with Crippen LogP contribution in [0.3, 0.4) is 0 Å². The normalized spacial score (nSPS) is 11.6. The van der Waals surface area contributed by atoms with Gasteiger partial charge in [0.2, 0.25) is 5.88 Å². The SMILES string of the molecule is C#Cc1ccc(C(Nc2cc(Cl)cn(C)c2=O)c2c(C(=O)OCC)nn(-c3cnc(OC)nc3OC)c2C(C)C)cc1. The summed E-state index contributed by atoms with van der Waals surface area (Å²) in [4.78, 5) is 35.2. The van der Waals surface area contributed by atoms with Crippen LogP contribution in [-0.4, -0.2) is 51.1 Å². The van der Waals surface area contributed by atoms with Gasteiger partial charge in [-0.2, -0.15) is 10.1 Å². The second-order valence-electron chi connectivity index (χ2n) is 9.52. The molecule has 0 bridgehead atoms. The molecule has 3 heterocycles. The van der Waals surface area contributed by atoms with E-state index >= 15 is 0 Å². The van der Waals surface area contributed by atoms with Crippen molar-refractivity contribution in [3.63, 3.8) is 0 Å². The Balaban J connectivity index is 2.08. The third kappa shape index (κ3) is 5.94. The number of terminal acetylenes is 1. The molecule has 0 amide bonds. The Morgan fingerprint density at radius 3 is 2.50 bits per heavy atom. The standard InChI is InChI=1S/C30H31ClN6O5/c1-8-18-10-12-19(13-11-18)24(33-21-14-20(31)16-36(5)28(21)38)23-25(29(39)42-9-2)35-37(26(23)17(3)4)22-15-32-30(41-7)34-27(22)40-6/h1,10-17,24,33H,9H2,2-7H3. The third-order valence-electron chi connectivity index (χ3n) is 6.44. The van der Waals surface area contributed by atoms with E-state index in [2.05, 4.69) is 21.2 Å². The minimum absolute atomic E-state index is 0.0378. The van der Waals surface area contributed by atoms with E-state index in [9.17, 15) is 9.59 Å². The van der Waals surface area contributed by atoms with Gasteiger partial charge in [0.05, 0.1) is 43.8 Å². The number of anilines is 1. The molecule has 4 aromatic rings. The zero-order valence-corrected chi connectivity index (χ0v) is 24.9. The molecule has 42 heavy (non-hydrogen) atoms. The molecule has 1 atom stereocenters. The first-order chi connectivity index (χ1) is 20.1. The van der Waals surface area contributed by atoms with Crippen molar-refractivity contribution in [1.29, 1.82) is 0 Å². The fourth-order valence-electron chi connectivity index (χ4n) is 4.58. The highest BCUT2D eigenvalue weighted by molar-refractivity contribution is 6.30. The minimum Gasteiger partial charge on any atom is -0.479 e. The number of rotatable bonds is 10. The van der Waals surface area contributed by atoms with Crippen LogP contribution in [0.1, 0.15) is 65.6 Å². The van der Waals surface area contributed by atoms with Crippen molar-refractivity contribution in [1.82, 2.24) is 24.3 Å². The van der Waals surface area contributed by atoms with Crippen molar-refractivity contribution in [3.8, 4) is 29.9 Å². The van der Waals surface area contributed by atoms with Crippen LogP contribution in [0.15, 0.2) is 47.5 Å². The number of hydrogen-bond acceptors (Lipinski definition) is 9. The van der Waals surface area contributed by atoms with Crippen molar-refractivity contribution in [3.05, 3.63) is 86.2 Å². The topological polar surface area (TPSA) is 122 Å². The molecule has 0 saturated carbocycles. The largest absolute Gasteiger partial charge is 0.479 e. The Kier molecular flexibility index (Phi) is 9.18. The molecule has 0 aliphatic rings. The molecule has 0 fully saturated rings. The van der Waals surface area contributed by atoms with Crippen LogP contribution < -0.4 is 20.3 Å². The lowest BCUT2D eigenvalue weighted by Crippen LogP contribution is -2.25. The van der Waals surface area contributed by atoms with E-state index in [0.29, 0.717) is 33.1 Å². The smallest absolute Gasteiger partial charge is 0.359 e. The second kappa shape index (κ2) is 12.8. The zero-order valence-electron chi connectivity index (χ0n) is 24.1. The van der Waals surface area contributed by atoms with Crippen LogP contribution in [0, 0.1) is 12.3 Å². The maximum Gasteiger partial charge on any atom is 0.359 e. The Morgan fingerprint density at radius 1 is 1.19 bits per heavy atom. The predicted octanol–water partition coefficient (Wildman–Crippen LogP) is 4.51. The van der Waals surface area contributed by atoms with E-state index in [-0.39, 0.29) is 41.4 Å². The molecule has 12 heteroatoms. The van der Waals surface area contributed by atoms with Gasteiger partial charge in [0.25, 0.3) is 5.56 Å². The van der Waals surface area contributed by atoms with Crippen molar-refractivity contribution < 1.29 is 19.0 Å². The summed E-state index contributed by atoms with van der Waals surface area (Å²) >= 11 is 6.33. The number of methoxy groups -OCH3 is 2. The fraction of sp³-hybridized carbons (Fsp3) is 0.300. The van der Waals surface area contributed by atoms with Crippen molar-refractivity contribution in [2.45, 2.75) is 32.7 Å². The van der Waals surface area contributed by atoms with Gasteiger partial charge >= 0.3 is 12.0 Å². The number of benzene rings is 1. The molecule has 0 radical (unpaired) electrons. The number of hydrogen-bond donors (Lipinski definition) is 1. The van der Waals surface area contributed by atoms with Gasteiger partial charge in [0, 0.05) is 24.4 Å². The molecule has 4 rings (SSSR count). The van der Waals surface area contributed by atoms with Gasteiger partial charge in [-0.1, -0.05) is 43.5 Å². The lowest BCUT2D eigenvalue weighted by molar-refractivity contribution is 0.0517. The molecule has 0 saturated heterocycles. The van der Waals surface area contributed by atoms with Crippen LogP contribution in [0.4, 0.5) is 5.69 Å². The summed E-state index contributed by atoms with van der Waals surface area (Å²) in [6.07, 6.45) is 8.63. The molecular weight excluding hydrogens is 560 g/mol. The molecule has 218 valence electrons. The fourth-order valence-corrected chi connectivity index (χ4v) is 4.83. The minimum atomic E-state index is -0.765. The number of ether oxygens (including phenoxy) is 3. The molecule has 0 aliphatic heterocycles. The number of nitrogens with one attached hydrogen (secondary N) is 1. The highest BCUT2D eigenvalue weighted by Crippen LogP contribution is 2.38. The Hall–Kier alpha value is -4.82. The van der Waals surface area contributed by atoms with Crippen LogP contribution in [0.2, 0.25) is 5.02 Å². The van der Waals surface area contributed by atoms with Crippen LogP contribution in [0.5, 0.6) is 11.9 Å². The van der Waals surface area contributed by atoms with Gasteiger partial charge in [0.15, 0.2) is 5.69 Å². The summed E-state index contributed by atoms with van der Waals surface area (Å²) in [5.41, 5.74) is 2.81. The van der Waals surface area contributed by atoms with Gasteiger partial charge in [-0.15, -0.1) is 6.42 Å². The van der Waals surface area contributed by atoms with Crippen LogP contribution in [0.25, 0.3) is 5.69 Å². The van der Waals surface area contributed by atoms with Crippen molar-refractivity contribution in [2.75, 3.05) is 26.1 Å². The number of carbonyl (C=O) groups is 1. The second-order valence-corrected chi connectivity index (χ2v) is 9.95. The summed E-state index contributed by atoms with van der Waals surface area (Å²) in [5, 5.41) is 8.41. The van der Waals surface area contributed by atoms with Crippen molar-refractivity contribution >= 4 is 23.3 Å². The number of aromatic nitrogens is 5. The number of aryl methyl sites for hydroxylation is 1. The Labute approximate surface area is 248 Å². The Bertz CT molecular complexity index is 1710. The van der Waals surface area contributed by atoms with Gasteiger partial charge in [-0.05, 0) is 36.6 Å². The van der Waals surface area contributed by atoms with Crippen LogP contribution >= 0.6 is 11.6 Å². The quantitative estimate of drug-likeness (QED) is 0.210.